The number of amides is 1. The predicted molar refractivity (Wildman–Crippen MR) is 89.3 cm³/mol. The number of carbonyl (C=O) groups excluding carboxylic acids is 2. The van der Waals surface area contributed by atoms with Crippen molar-refractivity contribution in [3.8, 4) is 0 Å². The monoisotopic (exact) mass is 325 g/mol. The number of quaternary nitrogens is 1. The zero-order valence-corrected chi connectivity index (χ0v) is 14.7. The molecular weight excluding hydrogens is 300 g/mol. The summed E-state index contributed by atoms with van der Waals surface area (Å²) in [6.45, 7) is 5.85. The van der Waals surface area contributed by atoms with Crippen LogP contribution in [0.25, 0.3) is 0 Å². The molecule has 0 aromatic heterocycles. The second-order valence-corrected chi connectivity index (χ2v) is 6.99. The van der Waals surface area contributed by atoms with Crippen LogP contribution < -0.4 is 10.2 Å². The van der Waals surface area contributed by atoms with Gasteiger partial charge in [0.15, 0.2) is 13.1 Å². The number of nitrogens with one attached hydrogen (secondary N) is 2. The topological polar surface area (TPSA) is 59.8 Å². The van der Waals surface area contributed by atoms with Crippen molar-refractivity contribution in [1.29, 1.82) is 0 Å². The smallest absolute Gasteiger partial charge is 0.362 e. The van der Waals surface area contributed by atoms with Crippen molar-refractivity contribution in [2.24, 2.45) is 0 Å². The second-order valence-electron chi connectivity index (χ2n) is 6.15. The van der Waals surface area contributed by atoms with Gasteiger partial charge in [-0.2, -0.15) is 0 Å². The van der Waals surface area contributed by atoms with Gasteiger partial charge in [-0.15, -0.1) is 11.8 Å². The van der Waals surface area contributed by atoms with E-state index in [-0.39, 0.29) is 25.0 Å². The van der Waals surface area contributed by atoms with Crippen molar-refractivity contribution in [2.45, 2.75) is 31.3 Å². The van der Waals surface area contributed by atoms with Crippen molar-refractivity contribution in [3.05, 3.63) is 24.3 Å². The molecule has 1 rings (SSSR count). The van der Waals surface area contributed by atoms with Crippen LogP contribution in [0.2, 0.25) is 0 Å². The molecule has 0 saturated carbocycles. The normalized spacial score (nSPS) is 12.6. The summed E-state index contributed by atoms with van der Waals surface area (Å²) >= 11 is 1.58. The summed E-state index contributed by atoms with van der Waals surface area (Å²) in [5.74, 6) is -0.426. The Hall–Kier alpha value is -1.53. The highest BCUT2D eigenvalue weighted by Crippen LogP contribution is 2.24. The Morgan fingerprint density at radius 3 is 2.45 bits per heavy atom. The van der Waals surface area contributed by atoms with Crippen LogP contribution in [0.1, 0.15) is 20.8 Å². The van der Waals surface area contributed by atoms with E-state index < -0.39 is 5.60 Å². The highest BCUT2D eigenvalue weighted by atomic mass is 32.2. The number of hydrogen-bond acceptors (Lipinski definition) is 4. The average Bonchev–Trinajstić information content (AvgIpc) is 2.36. The van der Waals surface area contributed by atoms with Crippen LogP contribution in [-0.4, -0.2) is 43.9 Å². The third-order valence-electron chi connectivity index (χ3n) is 2.71. The number of rotatable bonds is 6. The van der Waals surface area contributed by atoms with Crippen molar-refractivity contribution in [2.75, 3.05) is 31.7 Å². The van der Waals surface area contributed by atoms with Gasteiger partial charge in [-0.3, -0.25) is 4.79 Å². The van der Waals surface area contributed by atoms with Crippen LogP contribution in [0.4, 0.5) is 5.69 Å². The molecule has 0 aliphatic rings. The van der Waals surface area contributed by atoms with Crippen LogP contribution in [0.5, 0.6) is 0 Å². The summed E-state index contributed by atoms with van der Waals surface area (Å²) < 4.78 is 5.25. The van der Waals surface area contributed by atoms with Crippen LogP contribution in [0.3, 0.4) is 0 Å². The third kappa shape index (κ3) is 6.95. The first kappa shape index (κ1) is 18.5. The van der Waals surface area contributed by atoms with Crippen LogP contribution >= 0.6 is 11.8 Å². The van der Waals surface area contributed by atoms with E-state index in [2.05, 4.69) is 5.32 Å². The molecule has 1 aromatic rings. The van der Waals surface area contributed by atoms with Gasteiger partial charge in [-0.1, -0.05) is 12.1 Å². The van der Waals surface area contributed by atoms with Crippen molar-refractivity contribution >= 4 is 29.3 Å². The van der Waals surface area contributed by atoms with E-state index in [1.165, 1.54) is 0 Å². The van der Waals surface area contributed by atoms with Gasteiger partial charge in [0.25, 0.3) is 5.91 Å². The molecule has 2 N–H and O–H groups in total. The van der Waals surface area contributed by atoms with E-state index >= 15 is 0 Å². The minimum atomic E-state index is -0.503. The zero-order valence-electron chi connectivity index (χ0n) is 13.9. The molecule has 0 aliphatic heterocycles. The number of anilines is 1. The van der Waals surface area contributed by atoms with Crippen molar-refractivity contribution in [3.63, 3.8) is 0 Å². The molecule has 1 aromatic carbocycles. The number of ether oxygens (including phenoxy) is 1. The summed E-state index contributed by atoms with van der Waals surface area (Å²) in [6, 6.07) is 7.64. The largest absolute Gasteiger partial charge is 0.456 e. The Bertz CT molecular complexity index is 526. The minimum absolute atomic E-state index is 0.123. The summed E-state index contributed by atoms with van der Waals surface area (Å²) in [5.41, 5.74) is 0.293. The lowest BCUT2D eigenvalue weighted by Crippen LogP contribution is -3.11. The molecule has 0 radical (unpaired) electrons. The molecule has 1 unspecified atom stereocenters. The molecule has 0 spiro atoms. The molecule has 0 saturated heterocycles. The van der Waals surface area contributed by atoms with E-state index in [4.69, 9.17) is 4.74 Å². The summed E-state index contributed by atoms with van der Waals surface area (Å²) in [7, 11) is 1.80. The third-order valence-corrected chi connectivity index (χ3v) is 3.51. The zero-order chi connectivity index (χ0) is 16.8. The fourth-order valence-corrected chi connectivity index (χ4v) is 2.46. The number of esters is 1. The van der Waals surface area contributed by atoms with E-state index in [1.54, 1.807) is 18.8 Å². The number of carbonyl (C=O) groups is 2. The first-order valence-corrected chi connectivity index (χ1v) is 8.40. The van der Waals surface area contributed by atoms with Gasteiger partial charge in [0.2, 0.25) is 0 Å². The van der Waals surface area contributed by atoms with Gasteiger partial charge in [-0.05, 0) is 39.2 Å². The molecule has 122 valence electrons. The Morgan fingerprint density at radius 1 is 1.23 bits per heavy atom. The van der Waals surface area contributed by atoms with E-state index in [0.717, 1.165) is 15.5 Å². The number of benzene rings is 1. The number of thioether (sulfide) groups is 1. The summed E-state index contributed by atoms with van der Waals surface area (Å²) in [6.07, 6.45) is 1.96. The minimum Gasteiger partial charge on any atom is -0.456 e. The van der Waals surface area contributed by atoms with E-state index in [1.807, 2.05) is 51.3 Å². The number of likely N-dealkylation sites (N-methyl/N-ethyl adjacent to an activating group) is 1. The molecule has 0 bridgehead atoms. The molecule has 1 atom stereocenters. The fourth-order valence-electron chi connectivity index (χ4n) is 1.90. The van der Waals surface area contributed by atoms with Gasteiger partial charge in [-0.25, -0.2) is 4.79 Å². The lowest BCUT2D eigenvalue weighted by atomic mass is 10.2. The van der Waals surface area contributed by atoms with E-state index in [0.29, 0.717) is 0 Å². The highest BCUT2D eigenvalue weighted by Gasteiger charge is 2.21. The number of hydrogen-bond donors (Lipinski definition) is 2. The van der Waals surface area contributed by atoms with Gasteiger partial charge in [0, 0.05) is 4.90 Å². The number of para-hydroxylation sites is 1. The maximum absolute atomic E-state index is 12.1. The first-order chi connectivity index (χ1) is 10.2. The Kier molecular flexibility index (Phi) is 6.90. The molecule has 0 fully saturated rings. The molecule has 0 aliphatic carbocycles. The lowest BCUT2D eigenvalue weighted by molar-refractivity contribution is -0.863. The van der Waals surface area contributed by atoms with Crippen molar-refractivity contribution in [1.82, 2.24) is 0 Å². The second kappa shape index (κ2) is 8.19. The fraction of sp³-hybridized carbons (Fsp3) is 0.500. The molecule has 6 heteroatoms. The summed E-state index contributed by atoms with van der Waals surface area (Å²) in [5, 5.41) is 2.88. The van der Waals surface area contributed by atoms with Crippen molar-refractivity contribution < 1.29 is 19.2 Å². The predicted octanol–water partition coefficient (Wildman–Crippen LogP) is 1.20. The van der Waals surface area contributed by atoms with Gasteiger partial charge < -0.3 is 15.0 Å². The SMILES string of the molecule is CSc1ccccc1NC(=O)C[NH+](C)CC(=O)OC(C)(C)C. The molecule has 22 heavy (non-hydrogen) atoms. The Balaban J connectivity index is 2.49. The molecule has 1 amide bonds. The quantitative estimate of drug-likeness (QED) is 0.610. The van der Waals surface area contributed by atoms with Gasteiger partial charge in [0.05, 0.1) is 12.7 Å². The van der Waals surface area contributed by atoms with E-state index in [9.17, 15) is 9.59 Å². The van der Waals surface area contributed by atoms with Crippen LogP contribution in [-0.2, 0) is 14.3 Å². The average molecular weight is 325 g/mol. The standard InChI is InChI=1S/C16H24N2O3S/c1-16(2,3)21-15(20)11-18(4)10-14(19)17-12-8-6-7-9-13(12)22-5/h6-9H,10-11H2,1-5H3,(H,17,19)/p+1. The maximum Gasteiger partial charge on any atom is 0.362 e. The molecule has 0 heterocycles. The molecule has 5 nitrogen and oxygen atoms in total. The Labute approximate surface area is 136 Å². The molecular formula is C16H25N2O3S+. The first-order valence-electron chi connectivity index (χ1n) is 7.17. The van der Waals surface area contributed by atoms with Gasteiger partial charge >= 0.3 is 5.97 Å². The van der Waals surface area contributed by atoms with Gasteiger partial charge in [0.1, 0.15) is 5.60 Å². The Morgan fingerprint density at radius 2 is 1.86 bits per heavy atom. The lowest BCUT2D eigenvalue weighted by Gasteiger charge is -2.21. The summed E-state index contributed by atoms with van der Waals surface area (Å²) in [4.78, 5) is 25.6. The maximum atomic E-state index is 12.1. The van der Waals surface area contributed by atoms with Crippen LogP contribution in [0, 0.1) is 0 Å². The highest BCUT2D eigenvalue weighted by molar-refractivity contribution is 7.98. The van der Waals surface area contributed by atoms with Crippen LogP contribution in [0.15, 0.2) is 29.2 Å².